The van der Waals surface area contributed by atoms with Gasteiger partial charge >= 0.3 is 0 Å². The van der Waals surface area contributed by atoms with Gasteiger partial charge in [0.2, 0.25) is 0 Å². The minimum atomic E-state index is 0.449. The molecule has 2 aromatic carbocycles. The highest BCUT2D eigenvalue weighted by atomic mass is 35.5. The molecule has 1 N–H and O–H groups in total. The number of hydrogen-bond acceptors (Lipinski definition) is 4. The van der Waals surface area contributed by atoms with Gasteiger partial charge in [0, 0.05) is 18.3 Å². The zero-order valence-corrected chi connectivity index (χ0v) is 16.8. The fourth-order valence-electron chi connectivity index (χ4n) is 3.02. The number of benzene rings is 2. The summed E-state index contributed by atoms with van der Waals surface area (Å²) in [6.45, 7) is 3.09. The van der Waals surface area contributed by atoms with Crippen LogP contribution in [0.15, 0.2) is 54.7 Å². The predicted octanol–water partition coefficient (Wildman–Crippen LogP) is 4.71. The van der Waals surface area contributed by atoms with E-state index < -0.39 is 0 Å². The van der Waals surface area contributed by atoms with Crippen LogP contribution in [0.25, 0.3) is 11.3 Å². The molecule has 0 aliphatic carbocycles. The molecule has 0 fully saturated rings. The van der Waals surface area contributed by atoms with Crippen LogP contribution in [-0.2, 0) is 6.42 Å². The lowest BCUT2D eigenvalue weighted by atomic mass is 9.96. The van der Waals surface area contributed by atoms with E-state index in [9.17, 15) is 4.79 Å². The molecule has 0 bridgehead atoms. The maximum absolute atomic E-state index is 11.6. The molecule has 3 rings (SSSR count). The smallest absolute Gasteiger partial charge is 0.153 e. The molecule has 4 nitrogen and oxygen atoms in total. The summed E-state index contributed by atoms with van der Waals surface area (Å²) in [4.78, 5) is 15.9. The third kappa shape index (κ3) is 4.58. The van der Waals surface area contributed by atoms with Gasteiger partial charge in [-0.05, 0) is 55.3 Å². The lowest BCUT2D eigenvalue weighted by molar-refractivity contribution is 0.111. The zero-order valence-electron chi connectivity index (χ0n) is 16.0. The molecule has 144 valence electrons. The normalized spacial score (nSPS) is 10.7. The average Bonchev–Trinajstić information content (AvgIpc) is 2.74. The first-order valence-corrected chi connectivity index (χ1v) is 9.56. The zero-order chi connectivity index (χ0) is 19.9. The standard InChI is InChI=1S/C23H23ClN2O2/c1-16-19(14-20(15-27)23(22(16)24)28-12-11-25-2)13-17-6-8-18(9-7-17)21-5-3-4-10-26-21/h3-10,14-15,25H,11-13H2,1-2H3. The Hall–Kier alpha value is -2.69. The van der Waals surface area contributed by atoms with Crippen molar-refractivity contribution in [3.05, 3.63) is 82.0 Å². The summed E-state index contributed by atoms with van der Waals surface area (Å²) in [5.41, 5.74) is 5.58. The van der Waals surface area contributed by atoms with E-state index in [1.165, 1.54) is 0 Å². The largest absolute Gasteiger partial charge is 0.490 e. The van der Waals surface area contributed by atoms with Crippen molar-refractivity contribution in [3.63, 3.8) is 0 Å². The van der Waals surface area contributed by atoms with Crippen LogP contribution in [0.4, 0.5) is 0 Å². The van der Waals surface area contributed by atoms with Crippen molar-refractivity contribution in [2.45, 2.75) is 13.3 Å². The van der Waals surface area contributed by atoms with Crippen molar-refractivity contribution in [1.82, 2.24) is 10.3 Å². The molecule has 0 saturated carbocycles. The fraction of sp³-hybridized carbons (Fsp3) is 0.217. The maximum Gasteiger partial charge on any atom is 0.153 e. The molecule has 0 amide bonds. The number of ether oxygens (including phenoxy) is 1. The number of likely N-dealkylation sites (N-methyl/N-ethyl adjacent to an activating group) is 1. The van der Waals surface area contributed by atoms with E-state index in [1.54, 1.807) is 6.20 Å². The van der Waals surface area contributed by atoms with Crippen LogP contribution in [0.2, 0.25) is 5.02 Å². The van der Waals surface area contributed by atoms with Gasteiger partial charge in [-0.15, -0.1) is 0 Å². The van der Waals surface area contributed by atoms with Crippen molar-refractivity contribution in [2.75, 3.05) is 20.2 Å². The average molecular weight is 395 g/mol. The van der Waals surface area contributed by atoms with Crippen LogP contribution in [0.5, 0.6) is 5.75 Å². The summed E-state index contributed by atoms with van der Waals surface area (Å²) in [5.74, 6) is 0.457. The summed E-state index contributed by atoms with van der Waals surface area (Å²) in [7, 11) is 1.85. The van der Waals surface area contributed by atoms with Gasteiger partial charge in [0.05, 0.1) is 16.3 Å². The molecular weight excluding hydrogens is 372 g/mol. The lowest BCUT2D eigenvalue weighted by Gasteiger charge is -2.16. The quantitative estimate of drug-likeness (QED) is 0.444. The minimum absolute atomic E-state index is 0.449. The third-order valence-electron chi connectivity index (χ3n) is 4.64. The molecule has 0 saturated heterocycles. The molecule has 0 radical (unpaired) electrons. The van der Waals surface area contributed by atoms with Gasteiger partial charge in [-0.2, -0.15) is 0 Å². The highest BCUT2D eigenvalue weighted by Gasteiger charge is 2.15. The summed E-state index contributed by atoms with van der Waals surface area (Å²) in [6, 6.07) is 16.0. The number of nitrogens with zero attached hydrogens (tertiary/aromatic N) is 1. The Kier molecular flexibility index (Phi) is 6.80. The van der Waals surface area contributed by atoms with E-state index in [2.05, 4.69) is 34.6 Å². The molecule has 0 aliphatic heterocycles. The second-order valence-electron chi connectivity index (χ2n) is 6.55. The van der Waals surface area contributed by atoms with Crippen molar-refractivity contribution in [1.29, 1.82) is 0 Å². The first-order valence-electron chi connectivity index (χ1n) is 9.19. The van der Waals surface area contributed by atoms with E-state index in [0.717, 1.165) is 34.2 Å². The number of aromatic nitrogens is 1. The molecule has 0 spiro atoms. The van der Waals surface area contributed by atoms with Crippen LogP contribution < -0.4 is 10.1 Å². The third-order valence-corrected chi connectivity index (χ3v) is 5.09. The van der Waals surface area contributed by atoms with Crippen molar-refractivity contribution in [3.8, 4) is 17.0 Å². The van der Waals surface area contributed by atoms with Gasteiger partial charge in [-0.1, -0.05) is 41.9 Å². The summed E-state index contributed by atoms with van der Waals surface area (Å²) >= 11 is 6.52. The van der Waals surface area contributed by atoms with Crippen molar-refractivity contribution in [2.24, 2.45) is 0 Å². The van der Waals surface area contributed by atoms with Crippen LogP contribution in [0, 0.1) is 6.92 Å². The Morgan fingerprint density at radius 2 is 1.96 bits per heavy atom. The van der Waals surface area contributed by atoms with Crippen molar-refractivity contribution >= 4 is 17.9 Å². The van der Waals surface area contributed by atoms with E-state index in [0.29, 0.717) is 35.9 Å². The molecular formula is C23H23ClN2O2. The highest BCUT2D eigenvalue weighted by Crippen LogP contribution is 2.34. The maximum atomic E-state index is 11.6. The van der Waals surface area contributed by atoms with E-state index in [1.807, 2.05) is 38.2 Å². The predicted molar refractivity (Wildman–Crippen MR) is 113 cm³/mol. The molecule has 5 heteroatoms. The molecule has 28 heavy (non-hydrogen) atoms. The number of carbonyl (C=O) groups excluding carboxylic acids is 1. The summed E-state index contributed by atoms with van der Waals surface area (Å²) in [6.07, 6.45) is 3.27. The molecule has 0 unspecified atom stereocenters. The Morgan fingerprint density at radius 1 is 1.18 bits per heavy atom. The topological polar surface area (TPSA) is 51.2 Å². The second kappa shape index (κ2) is 9.49. The van der Waals surface area contributed by atoms with E-state index in [4.69, 9.17) is 16.3 Å². The number of hydrogen-bond donors (Lipinski definition) is 1. The molecule has 0 aliphatic rings. The number of nitrogens with one attached hydrogen (secondary N) is 1. The van der Waals surface area contributed by atoms with Gasteiger partial charge in [-0.3, -0.25) is 9.78 Å². The van der Waals surface area contributed by atoms with Gasteiger partial charge in [0.15, 0.2) is 6.29 Å². The van der Waals surface area contributed by atoms with Gasteiger partial charge in [-0.25, -0.2) is 0 Å². The Bertz CT molecular complexity index is 941. The molecule has 0 atom stereocenters. The summed E-state index contributed by atoms with van der Waals surface area (Å²) in [5, 5.41) is 3.51. The molecule has 1 heterocycles. The monoisotopic (exact) mass is 394 g/mol. The van der Waals surface area contributed by atoms with Crippen molar-refractivity contribution < 1.29 is 9.53 Å². The number of halogens is 1. The van der Waals surface area contributed by atoms with E-state index >= 15 is 0 Å². The minimum Gasteiger partial charge on any atom is -0.490 e. The van der Waals surface area contributed by atoms with Crippen LogP contribution >= 0.6 is 11.6 Å². The Labute approximate surface area is 170 Å². The molecule has 3 aromatic rings. The fourth-order valence-corrected chi connectivity index (χ4v) is 3.30. The number of pyridine rings is 1. The number of rotatable bonds is 8. The van der Waals surface area contributed by atoms with Gasteiger partial charge in [0.25, 0.3) is 0 Å². The van der Waals surface area contributed by atoms with Crippen LogP contribution in [-0.4, -0.2) is 31.5 Å². The SMILES string of the molecule is CNCCOc1c(C=O)cc(Cc2ccc(-c3ccccn3)cc2)c(C)c1Cl. The van der Waals surface area contributed by atoms with Crippen LogP contribution in [0.1, 0.15) is 27.0 Å². The second-order valence-corrected chi connectivity index (χ2v) is 6.93. The van der Waals surface area contributed by atoms with E-state index in [-0.39, 0.29) is 0 Å². The number of carbonyl (C=O) groups is 1. The highest BCUT2D eigenvalue weighted by molar-refractivity contribution is 6.33. The molecule has 1 aromatic heterocycles. The summed E-state index contributed by atoms with van der Waals surface area (Å²) < 4.78 is 5.72. The Balaban J connectivity index is 1.84. The first kappa shape index (κ1) is 20.1. The Morgan fingerprint density at radius 3 is 2.61 bits per heavy atom. The first-order chi connectivity index (χ1) is 13.6. The lowest BCUT2D eigenvalue weighted by Crippen LogP contribution is -2.17. The van der Waals surface area contributed by atoms with Gasteiger partial charge in [0.1, 0.15) is 12.4 Å². The van der Waals surface area contributed by atoms with Crippen LogP contribution in [0.3, 0.4) is 0 Å². The van der Waals surface area contributed by atoms with Gasteiger partial charge < -0.3 is 10.1 Å². The number of aldehydes is 1.